The van der Waals surface area contributed by atoms with Crippen molar-refractivity contribution in [3.8, 4) is 39.6 Å². The fourth-order valence-electron chi connectivity index (χ4n) is 5.69. The number of fused-ring (bicyclic) bond motifs is 4. The van der Waals surface area contributed by atoms with Gasteiger partial charge in [-0.3, -0.25) is 4.98 Å². The summed E-state index contributed by atoms with van der Waals surface area (Å²) in [6.45, 7) is 1.96. The van der Waals surface area contributed by atoms with E-state index in [9.17, 15) is 0 Å². The molecule has 1 radical (unpaired) electrons. The zero-order chi connectivity index (χ0) is 31.6. The molecule has 0 aliphatic heterocycles. The van der Waals surface area contributed by atoms with Gasteiger partial charge >= 0.3 is 0 Å². The van der Waals surface area contributed by atoms with Crippen LogP contribution in [-0.4, -0.2) is 24.5 Å². The van der Waals surface area contributed by atoms with Gasteiger partial charge < -0.3 is 14.0 Å². The number of aromatic nitrogens is 5. The van der Waals surface area contributed by atoms with Gasteiger partial charge in [0.25, 0.3) is 0 Å². The van der Waals surface area contributed by atoms with Crippen LogP contribution >= 0.6 is 0 Å². The summed E-state index contributed by atoms with van der Waals surface area (Å²) in [5.74, 6) is 0.727. The van der Waals surface area contributed by atoms with Gasteiger partial charge in [0.05, 0.1) is 22.6 Å². The summed E-state index contributed by atoms with van der Waals surface area (Å²) in [4.78, 5) is 18.8. The second kappa shape index (κ2) is 13.5. The summed E-state index contributed by atoms with van der Waals surface area (Å²) < 4.78 is 8.40. The van der Waals surface area contributed by atoms with Gasteiger partial charge in [0.2, 0.25) is 5.71 Å². The van der Waals surface area contributed by atoms with E-state index >= 15 is 0 Å². The van der Waals surface area contributed by atoms with Crippen LogP contribution in [0.15, 0.2) is 150 Å². The summed E-state index contributed by atoms with van der Waals surface area (Å²) in [6, 6.07) is 52.7. The monoisotopic (exact) mass is 798 g/mol. The summed E-state index contributed by atoms with van der Waals surface area (Å²) >= 11 is 0. The molecule has 5 heterocycles. The largest absolute Gasteiger partial charge is 0.486 e. The van der Waals surface area contributed by atoms with Crippen LogP contribution in [0.2, 0.25) is 0 Å². The van der Waals surface area contributed by atoms with Crippen molar-refractivity contribution in [2.75, 3.05) is 0 Å². The van der Waals surface area contributed by atoms with E-state index in [-0.39, 0.29) is 20.1 Å². The van der Waals surface area contributed by atoms with Gasteiger partial charge in [0.1, 0.15) is 0 Å². The van der Waals surface area contributed by atoms with Gasteiger partial charge in [-0.15, -0.1) is 54.1 Å². The number of furan rings is 1. The Hall–Kier alpha value is -5.75. The van der Waals surface area contributed by atoms with Crippen LogP contribution in [0.3, 0.4) is 0 Å². The van der Waals surface area contributed by atoms with Crippen molar-refractivity contribution in [1.29, 1.82) is 0 Å². The smallest absolute Gasteiger partial charge is 0.216 e. The van der Waals surface area contributed by atoms with Gasteiger partial charge in [-0.2, -0.15) is 0 Å². The van der Waals surface area contributed by atoms with Crippen LogP contribution in [0.5, 0.6) is 0 Å². The summed E-state index contributed by atoms with van der Waals surface area (Å²) in [5, 5.41) is 1.97. The predicted molar refractivity (Wildman–Crippen MR) is 187 cm³/mol. The van der Waals surface area contributed by atoms with E-state index in [4.69, 9.17) is 14.4 Å². The van der Waals surface area contributed by atoms with Gasteiger partial charge in [0.15, 0.2) is 5.65 Å². The number of aryl methyl sites for hydroxylation is 1. The number of benzene rings is 4. The molecule has 0 aliphatic rings. The topological polar surface area (TPSA) is 69.6 Å². The Morgan fingerprint density at radius 3 is 2.19 bits per heavy atom. The SMILES string of the molecule is Cc1ccc2c(n1)oc1c(-c3nc4nc(-c5ccccc5)ccc4n3-c3ccccc3)[c-]ccc12.[Ir].[c-]1ccccc1-c1ccccn1. The first-order valence-corrected chi connectivity index (χ1v) is 15.3. The molecule has 0 bridgehead atoms. The molecule has 48 heavy (non-hydrogen) atoms. The van der Waals surface area contributed by atoms with E-state index in [0.717, 1.165) is 67.2 Å². The molecule has 0 fully saturated rings. The van der Waals surface area contributed by atoms with E-state index in [0.29, 0.717) is 11.4 Å². The predicted octanol–water partition coefficient (Wildman–Crippen LogP) is 9.70. The third-order valence-corrected chi connectivity index (χ3v) is 7.91. The molecule has 0 spiro atoms. The van der Waals surface area contributed by atoms with Crippen LogP contribution in [-0.2, 0) is 20.1 Å². The third kappa shape index (κ3) is 5.93. The Labute approximate surface area is 291 Å². The minimum Gasteiger partial charge on any atom is -0.486 e. The minimum atomic E-state index is 0. The van der Waals surface area contributed by atoms with Crippen LogP contribution in [0.1, 0.15) is 5.69 Å². The normalized spacial score (nSPS) is 10.9. The van der Waals surface area contributed by atoms with E-state index in [2.05, 4.69) is 63.1 Å². The summed E-state index contributed by atoms with van der Waals surface area (Å²) in [7, 11) is 0. The maximum atomic E-state index is 6.28. The Morgan fingerprint density at radius 1 is 0.625 bits per heavy atom. The third-order valence-electron chi connectivity index (χ3n) is 7.91. The van der Waals surface area contributed by atoms with Crippen molar-refractivity contribution in [3.63, 3.8) is 0 Å². The molecule has 9 rings (SSSR count). The van der Waals surface area contributed by atoms with Crippen molar-refractivity contribution in [2.45, 2.75) is 6.92 Å². The second-order valence-electron chi connectivity index (χ2n) is 11.0. The van der Waals surface area contributed by atoms with Gasteiger partial charge in [0, 0.05) is 48.6 Å². The van der Waals surface area contributed by atoms with Gasteiger partial charge in [-0.05, 0) is 55.1 Å². The summed E-state index contributed by atoms with van der Waals surface area (Å²) in [5.41, 5.74) is 9.56. The Bertz CT molecular complexity index is 2420. The van der Waals surface area contributed by atoms with E-state index in [1.807, 2.05) is 110 Å². The van der Waals surface area contributed by atoms with Crippen molar-refractivity contribution < 1.29 is 24.5 Å². The first-order chi connectivity index (χ1) is 23.2. The van der Waals surface area contributed by atoms with Crippen molar-refractivity contribution in [2.24, 2.45) is 0 Å². The van der Waals surface area contributed by atoms with Crippen molar-refractivity contribution >= 4 is 33.2 Å². The average Bonchev–Trinajstić information content (AvgIpc) is 3.71. The maximum absolute atomic E-state index is 6.28. The van der Waals surface area contributed by atoms with E-state index in [1.54, 1.807) is 6.20 Å². The molecule has 0 saturated carbocycles. The Morgan fingerprint density at radius 2 is 1.42 bits per heavy atom. The quantitative estimate of drug-likeness (QED) is 0.166. The van der Waals surface area contributed by atoms with E-state index in [1.165, 1.54) is 0 Å². The molecule has 0 atom stereocenters. The molecule has 5 aromatic heterocycles. The average molecular weight is 798 g/mol. The minimum absolute atomic E-state index is 0. The van der Waals surface area contributed by atoms with Crippen LogP contribution in [0.25, 0.3) is 72.8 Å². The Kier molecular flexibility index (Phi) is 8.71. The van der Waals surface area contributed by atoms with Crippen molar-refractivity contribution in [3.05, 3.63) is 164 Å². The van der Waals surface area contributed by atoms with Gasteiger partial charge in [-0.1, -0.05) is 71.6 Å². The van der Waals surface area contributed by atoms with Crippen LogP contribution in [0.4, 0.5) is 0 Å². The van der Waals surface area contributed by atoms with Crippen LogP contribution < -0.4 is 0 Å². The maximum Gasteiger partial charge on any atom is 0.216 e. The molecule has 6 nitrogen and oxygen atoms in total. The van der Waals surface area contributed by atoms with Crippen molar-refractivity contribution in [1.82, 2.24) is 24.5 Å². The standard InChI is InChI=1S/C30H19N4O.C11H8N.Ir/c1-19-15-16-23-22-13-8-14-24(27(22)35-30(23)31-19)29-33-28-26(34(29)21-11-6-3-7-12-21)18-17-25(32-28)20-9-4-2-5-10-20;1-2-6-10(7-3-1)11-8-4-5-9-12-11;/h2-13,15-18H,1H3;1-6,8-9H;/q2*-1;. The molecule has 0 aliphatic carbocycles. The molecule has 0 unspecified atom stereocenters. The molecular formula is C41H27IrN5O-2. The molecule has 0 saturated heterocycles. The van der Waals surface area contributed by atoms with Gasteiger partial charge in [-0.25, -0.2) is 9.97 Å². The molecule has 7 heteroatoms. The molecular weight excluding hydrogens is 771 g/mol. The zero-order valence-corrected chi connectivity index (χ0v) is 28.2. The number of rotatable bonds is 4. The fraction of sp³-hybridized carbons (Fsp3) is 0.0244. The number of hydrogen-bond acceptors (Lipinski definition) is 5. The molecule has 0 N–H and O–H groups in total. The first kappa shape index (κ1) is 30.9. The fourth-order valence-corrected chi connectivity index (χ4v) is 5.69. The second-order valence-corrected chi connectivity index (χ2v) is 11.0. The Balaban J connectivity index is 0.000000237. The molecule has 9 aromatic rings. The molecule has 233 valence electrons. The zero-order valence-electron chi connectivity index (χ0n) is 25.8. The molecule has 0 amide bonds. The first-order valence-electron chi connectivity index (χ1n) is 15.3. The molecule has 4 aromatic carbocycles. The van der Waals surface area contributed by atoms with E-state index < -0.39 is 0 Å². The number of hydrogen-bond donors (Lipinski definition) is 0. The number of para-hydroxylation sites is 1. The number of imidazole rings is 1. The summed E-state index contributed by atoms with van der Waals surface area (Å²) in [6.07, 6.45) is 1.79. The number of pyridine rings is 3. The number of nitrogens with zero attached hydrogens (tertiary/aromatic N) is 5. The van der Waals surface area contributed by atoms with Crippen LogP contribution in [0, 0.1) is 19.1 Å².